The van der Waals surface area contributed by atoms with Crippen LogP contribution in [0.15, 0.2) is 147 Å². The van der Waals surface area contributed by atoms with Crippen LogP contribution in [0.25, 0.3) is 32.3 Å². The summed E-state index contributed by atoms with van der Waals surface area (Å²) < 4.78 is 218. The van der Waals surface area contributed by atoms with Crippen molar-refractivity contribution in [3.63, 3.8) is 0 Å². The number of hydrazine groups is 1. The third-order valence-corrected chi connectivity index (χ3v) is 17.9. The van der Waals surface area contributed by atoms with Gasteiger partial charge in [0.1, 0.15) is 65.3 Å². The fourth-order valence-corrected chi connectivity index (χ4v) is 12.4. The number of phenolic OH excluding ortho intramolecular Hbond substituents is 3. The van der Waals surface area contributed by atoms with E-state index >= 15 is 0 Å². The van der Waals surface area contributed by atoms with Crippen molar-refractivity contribution in [3.8, 4) is 28.7 Å². The van der Waals surface area contributed by atoms with Crippen LogP contribution in [0.5, 0.6) is 28.7 Å². The molecule has 0 unspecified atom stereocenters. The van der Waals surface area contributed by atoms with Gasteiger partial charge in [-0.2, -0.15) is 60.7 Å². The molecule has 8 rings (SSSR count). The van der Waals surface area contributed by atoms with Crippen molar-refractivity contribution in [3.05, 3.63) is 108 Å². The summed E-state index contributed by atoms with van der Waals surface area (Å²) in [5, 5.41) is 56.0. The van der Waals surface area contributed by atoms with Crippen molar-refractivity contribution in [2.24, 2.45) is 30.7 Å². The number of nitrogens with one attached hydrogen (secondary N) is 2. The largest absolute Gasteiger partial charge is 0.505 e. The molecule has 472 valence electrons. The van der Waals surface area contributed by atoms with Crippen molar-refractivity contribution >= 4 is 144 Å². The molecule has 0 saturated heterocycles. The molecule has 0 fully saturated rings. The highest BCUT2D eigenvalue weighted by Crippen LogP contribution is 2.50. The monoisotopic (exact) mass is 1350 g/mol. The van der Waals surface area contributed by atoms with Gasteiger partial charge < -0.3 is 30.5 Å². The van der Waals surface area contributed by atoms with Crippen molar-refractivity contribution in [2.75, 3.05) is 41.3 Å². The maximum absolute atomic E-state index is 12.9. The number of phenols is 3. The summed E-state index contributed by atoms with van der Waals surface area (Å²) in [6.07, 6.45) is 0.159. The van der Waals surface area contributed by atoms with Gasteiger partial charge in [-0.3, -0.25) is 38.2 Å². The summed E-state index contributed by atoms with van der Waals surface area (Å²) in [7, 11) is -29.9. The van der Waals surface area contributed by atoms with Gasteiger partial charge in [0.05, 0.1) is 52.9 Å². The summed E-state index contributed by atoms with van der Waals surface area (Å²) in [6, 6.07) is 19.1. The number of unbranched alkanes of at least 4 members (excludes halogenated alkanes) is 1. The smallest absolute Gasteiger partial charge is 0.296 e. The molecule has 0 atom stereocenters. The number of nitrogen functional groups attached to an aromatic ring is 1. The number of rotatable bonds is 24. The molecule has 0 amide bonds. The Kier molecular flexibility index (Phi) is 18.9. The Morgan fingerprint density at radius 1 is 0.438 bits per heavy atom. The highest BCUT2D eigenvalue weighted by molar-refractivity contribution is 7.87. The van der Waals surface area contributed by atoms with Crippen LogP contribution in [0, 0.1) is 13.8 Å². The molecule has 0 radical (unpaired) electrons. The first-order valence-electron chi connectivity index (χ1n) is 25.1. The molecule has 13 N–H and O–H groups in total. The first-order valence-corrected chi connectivity index (χ1v) is 34.1. The van der Waals surface area contributed by atoms with Gasteiger partial charge in [0.2, 0.25) is 0 Å². The van der Waals surface area contributed by atoms with E-state index in [4.69, 9.17) is 24.3 Å². The number of ether oxygens (including phenoxy) is 2. The van der Waals surface area contributed by atoms with Crippen LogP contribution in [-0.4, -0.2) is 118 Å². The van der Waals surface area contributed by atoms with E-state index in [-0.39, 0.29) is 88.3 Å². The number of anilines is 3. The summed E-state index contributed by atoms with van der Waals surface area (Å²) in [4.78, 5) is -4.32. The van der Waals surface area contributed by atoms with Crippen LogP contribution in [-0.2, 0) is 60.7 Å². The van der Waals surface area contributed by atoms with E-state index in [2.05, 4.69) is 41.5 Å². The Balaban J connectivity index is 1.14. The number of hydrogen-bond donors (Lipinski definition) is 12. The molecule has 0 aliphatic carbocycles. The fourth-order valence-electron chi connectivity index (χ4n) is 8.67. The zero-order chi connectivity index (χ0) is 65.3. The number of fused-ring (bicyclic) bond motifs is 3. The van der Waals surface area contributed by atoms with Gasteiger partial charge in [-0.05, 0) is 140 Å². The van der Waals surface area contributed by atoms with E-state index < -0.39 is 148 Å². The zero-order valence-corrected chi connectivity index (χ0v) is 50.5. The first-order chi connectivity index (χ1) is 41.4. The molecule has 32 nitrogen and oxygen atoms in total. The van der Waals surface area contributed by atoms with Crippen LogP contribution in [0.4, 0.5) is 51.2 Å². The molecule has 0 saturated carbocycles. The summed E-state index contributed by atoms with van der Waals surface area (Å²) in [5.74, 6) is -3.77. The molecule has 0 aromatic heterocycles. The molecule has 38 heteroatoms. The van der Waals surface area contributed by atoms with E-state index in [1.54, 1.807) is 38.1 Å². The molecular weight excluding hydrogens is 1300 g/mol. The standard InChI is InChI=1S/C51H49N9O23S6/c1-26-6-12-38(82-14-3-4-16-84(64,65)66)35(18-26)55-59-46-41(87(73,74)75)22-28-20-30(8-10-32(28)49(46)61)53-57-37-25-40(86(70,71)72)34-24-43(89(79,80)81)48(51(63)44(34)45(37)52)58-54-31-9-11-33-29(21-31)23-42(88(76,77)78)47(50(33)62)60-56-36-19-27(2)7-13-39(36)83-15-5-17-85(67,68)69/h6-13,18-25,55,59,61-63H,3-5,14-17,52H2,1-2H3,(H,64,65,66)(H,67,68,69)(H,70,71,72)(H,73,74,75)(H,76,77,78)(H,79,80,81). The normalized spacial score (nSPS) is 12.9. The summed E-state index contributed by atoms with van der Waals surface area (Å²) in [6.45, 7) is 3.16. The third kappa shape index (κ3) is 15.9. The minimum Gasteiger partial charge on any atom is -0.505 e. The highest BCUT2D eigenvalue weighted by atomic mass is 32.2. The van der Waals surface area contributed by atoms with Gasteiger partial charge >= 0.3 is 0 Å². The molecule has 0 spiro atoms. The van der Waals surface area contributed by atoms with E-state index in [0.717, 1.165) is 36.4 Å². The quantitative estimate of drug-likeness (QED) is 0.00668. The predicted octanol–water partition coefficient (Wildman–Crippen LogP) is 9.84. The number of nitrogens with zero attached hydrogens (tertiary/aromatic N) is 6. The third-order valence-electron chi connectivity index (χ3n) is 12.8. The Hall–Kier alpha value is -8.80. The Bertz CT molecular complexity index is 5030. The van der Waals surface area contributed by atoms with Crippen LogP contribution in [0.3, 0.4) is 0 Å². The van der Waals surface area contributed by atoms with E-state index in [1.807, 2.05) is 0 Å². The SMILES string of the molecule is Cc1ccc(OCCCS(=O)(=O)O)c(N=Nc2c(S(=O)(=O)O)cc3cc(N=Nc4c(S(=O)(=O)O)cc5c(S(=O)(=O)O)cc(N=Nc6ccc7c(O)c(NNc8cc(C)ccc8OCCCCS(=O)(=O)O)c(S(=O)(=O)O)cc7c6)c(N)c5c4O)ccc3c2O)c1. The number of nitrogens with two attached hydrogens (primary N) is 1. The van der Waals surface area contributed by atoms with Gasteiger partial charge in [0, 0.05) is 16.2 Å². The molecule has 0 bridgehead atoms. The lowest BCUT2D eigenvalue weighted by Gasteiger charge is -2.18. The van der Waals surface area contributed by atoms with Crippen LogP contribution in [0.1, 0.15) is 30.4 Å². The number of azo groups is 3. The molecule has 0 aliphatic rings. The average Bonchev–Trinajstić information content (AvgIpc) is 1.01. The molecular formula is C51H49N9O23S6. The average molecular weight is 1350 g/mol. The minimum absolute atomic E-state index is 0.0000198. The second-order valence-electron chi connectivity index (χ2n) is 19.3. The number of hydrogen-bond acceptors (Lipinski definition) is 26. The summed E-state index contributed by atoms with van der Waals surface area (Å²) in [5.41, 5.74) is 8.96. The van der Waals surface area contributed by atoms with Crippen LogP contribution in [0.2, 0.25) is 0 Å². The molecule has 0 heterocycles. The predicted molar refractivity (Wildman–Crippen MR) is 320 cm³/mol. The van der Waals surface area contributed by atoms with Gasteiger partial charge in [0.25, 0.3) is 60.7 Å². The number of aromatic hydroxyl groups is 3. The maximum Gasteiger partial charge on any atom is 0.296 e. The van der Waals surface area contributed by atoms with Gasteiger partial charge in [-0.15, -0.1) is 20.5 Å². The number of aryl methyl sites for hydroxylation is 2. The topological polar surface area (TPSA) is 530 Å². The van der Waals surface area contributed by atoms with Crippen molar-refractivity contribution in [1.82, 2.24) is 0 Å². The Morgan fingerprint density at radius 3 is 1.52 bits per heavy atom. The second-order valence-corrected chi connectivity index (χ2v) is 28.0. The van der Waals surface area contributed by atoms with Crippen molar-refractivity contribution in [2.45, 2.75) is 52.7 Å². The Morgan fingerprint density at radius 2 is 0.921 bits per heavy atom. The minimum atomic E-state index is -5.52. The zero-order valence-electron chi connectivity index (χ0n) is 45.6. The highest BCUT2D eigenvalue weighted by Gasteiger charge is 2.30. The molecule has 0 aliphatic heterocycles. The van der Waals surface area contributed by atoms with Gasteiger partial charge in [-0.25, -0.2) is 0 Å². The lowest BCUT2D eigenvalue weighted by Crippen LogP contribution is -2.14. The lowest BCUT2D eigenvalue weighted by atomic mass is 10.0. The van der Waals surface area contributed by atoms with Crippen molar-refractivity contribution < 1.29 is 103 Å². The van der Waals surface area contributed by atoms with Crippen LogP contribution < -0.4 is 26.1 Å². The number of benzene rings is 8. The second kappa shape index (κ2) is 25.4. The van der Waals surface area contributed by atoms with Crippen molar-refractivity contribution in [1.29, 1.82) is 0 Å². The maximum atomic E-state index is 12.9. The lowest BCUT2D eigenvalue weighted by molar-refractivity contribution is 0.310. The molecule has 8 aromatic rings. The van der Waals surface area contributed by atoms with Crippen LogP contribution >= 0.6 is 0 Å². The molecule has 89 heavy (non-hydrogen) atoms. The first kappa shape index (κ1) is 66.2. The summed E-state index contributed by atoms with van der Waals surface area (Å²) >= 11 is 0. The van der Waals surface area contributed by atoms with Gasteiger partial charge in [0.15, 0.2) is 11.5 Å². The van der Waals surface area contributed by atoms with E-state index in [0.29, 0.717) is 23.3 Å². The fraction of sp³-hybridized carbons (Fsp3) is 0.176. The van der Waals surface area contributed by atoms with Gasteiger partial charge in [-0.1, -0.05) is 12.1 Å². The van der Waals surface area contributed by atoms with E-state index in [1.165, 1.54) is 24.3 Å². The van der Waals surface area contributed by atoms with E-state index in [9.17, 15) is 84.0 Å². The molecule has 8 aromatic carbocycles. The Labute approximate surface area is 505 Å².